The predicted molar refractivity (Wildman–Crippen MR) is 97.1 cm³/mol. The van der Waals surface area contributed by atoms with E-state index in [9.17, 15) is 8.78 Å². The molecular weight excluding hydrogens is 324 g/mol. The number of anilines is 1. The van der Waals surface area contributed by atoms with E-state index in [-0.39, 0.29) is 11.7 Å². The number of rotatable bonds is 4. The van der Waals surface area contributed by atoms with Crippen LogP contribution in [0.5, 0.6) is 0 Å². The number of nitrogens with one attached hydrogen (secondary N) is 2. The fraction of sp³-hybridized carbons (Fsp3) is 0.611. The molecule has 2 N–H and O–H groups in total. The van der Waals surface area contributed by atoms with Gasteiger partial charge < -0.3 is 20.4 Å². The van der Waals surface area contributed by atoms with Gasteiger partial charge in [-0.15, -0.1) is 0 Å². The second kappa shape index (κ2) is 7.99. The van der Waals surface area contributed by atoms with Gasteiger partial charge in [-0.3, -0.25) is 4.99 Å². The summed E-state index contributed by atoms with van der Waals surface area (Å²) in [6.07, 6.45) is 2.02. The van der Waals surface area contributed by atoms with Crippen molar-refractivity contribution in [3.05, 3.63) is 29.8 Å². The van der Waals surface area contributed by atoms with Gasteiger partial charge in [-0.2, -0.15) is 0 Å². The van der Waals surface area contributed by atoms with E-state index in [0.29, 0.717) is 19.0 Å². The van der Waals surface area contributed by atoms with Gasteiger partial charge >= 0.3 is 0 Å². The molecule has 2 aliphatic rings. The highest BCUT2D eigenvalue weighted by Gasteiger charge is 2.27. The van der Waals surface area contributed by atoms with Crippen LogP contribution in [0.4, 0.5) is 14.5 Å². The number of guanidine groups is 1. The number of hydrogen-bond acceptors (Lipinski definition) is 3. The normalized spacial score (nSPS) is 24.8. The molecule has 2 atom stereocenters. The third kappa shape index (κ3) is 4.39. The lowest BCUT2D eigenvalue weighted by Gasteiger charge is -2.22. The summed E-state index contributed by atoms with van der Waals surface area (Å²) in [7, 11) is 3.89. The van der Waals surface area contributed by atoms with Gasteiger partial charge in [-0.1, -0.05) is 6.07 Å². The van der Waals surface area contributed by atoms with E-state index in [2.05, 4.69) is 27.6 Å². The summed E-state index contributed by atoms with van der Waals surface area (Å²) in [4.78, 5) is 8.38. The predicted octanol–water partition coefficient (Wildman–Crippen LogP) is 1.66. The van der Waals surface area contributed by atoms with Gasteiger partial charge in [-0.05, 0) is 44.5 Å². The van der Waals surface area contributed by atoms with Crippen molar-refractivity contribution in [3.63, 3.8) is 0 Å². The zero-order valence-electron chi connectivity index (χ0n) is 14.9. The van der Waals surface area contributed by atoms with Crippen LogP contribution in [0.25, 0.3) is 0 Å². The molecule has 25 heavy (non-hydrogen) atoms. The van der Waals surface area contributed by atoms with Gasteiger partial charge in [0.1, 0.15) is 17.3 Å². The summed E-state index contributed by atoms with van der Waals surface area (Å²) in [5, 5.41) is 6.76. The first kappa shape index (κ1) is 17.9. The maximum atomic E-state index is 13.9. The molecule has 1 aromatic rings. The monoisotopic (exact) mass is 351 g/mol. The van der Waals surface area contributed by atoms with Crippen LogP contribution in [0.15, 0.2) is 23.2 Å². The lowest BCUT2D eigenvalue weighted by molar-refractivity contribution is 0.393. The first-order valence-electron chi connectivity index (χ1n) is 8.91. The van der Waals surface area contributed by atoms with Crippen LogP contribution < -0.4 is 15.5 Å². The van der Waals surface area contributed by atoms with E-state index in [1.807, 2.05) is 0 Å². The third-order valence-electron chi connectivity index (χ3n) is 5.05. The average Bonchev–Trinajstić information content (AvgIpc) is 3.20. The summed E-state index contributed by atoms with van der Waals surface area (Å²) in [6, 6.07) is 4.12. The average molecular weight is 351 g/mol. The first-order chi connectivity index (χ1) is 12.1. The van der Waals surface area contributed by atoms with Crippen LogP contribution in [0.1, 0.15) is 12.8 Å². The van der Waals surface area contributed by atoms with Crippen molar-refractivity contribution < 1.29 is 8.78 Å². The molecule has 0 bridgehead atoms. The van der Waals surface area contributed by atoms with Crippen LogP contribution in [0.3, 0.4) is 0 Å². The minimum atomic E-state index is -0.506. The van der Waals surface area contributed by atoms with Crippen molar-refractivity contribution in [1.29, 1.82) is 0 Å². The SMILES string of the molecule is CN=C(NCC1CCN(C)C1)NC1CCN(c2c(F)cccc2F)C1. The lowest BCUT2D eigenvalue weighted by Crippen LogP contribution is -2.46. The Kier molecular flexibility index (Phi) is 5.73. The number of likely N-dealkylation sites (tertiary alicyclic amines) is 1. The molecule has 1 aromatic carbocycles. The summed E-state index contributed by atoms with van der Waals surface area (Å²) in [5.74, 6) is 0.383. The number of hydrogen-bond donors (Lipinski definition) is 2. The molecule has 138 valence electrons. The molecule has 2 heterocycles. The second-order valence-electron chi connectivity index (χ2n) is 7.02. The number of halogens is 2. The molecule has 0 spiro atoms. The number of para-hydroxylation sites is 1. The Bertz CT molecular complexity index is 601. The molecule has 2 saturated heterocycles. The molecule has 0 aromatic heterocycles. The van der Waals surface area contributed by atoms with Crippen molar-refractivity contribution in [3.8, 4) is 0 Å². The molecule has 0 saturated carbocycles. The van der Waals surface area contributed by atoms with Gasteiger partial charge in [0.2, 0.25) is 0 Å². The van der Waals surface area contributed by atoms with E-state index >= 15 is 0 Å². The molecule has 0 radical (unpaired) electrons. The van der Waals surface area contributed by atoms with E-state index < -0.39 is 11.6 Å². The Labute approximate surface area is 148 Å². The summed E-state index contributed by atoms with van der Waals surface area (Å²) in [5.41, 5.74) is 0.0729. The van der Waals surface area contributed by atoms with Crippen LogP contribution in [-0.2, 0) is 0 Å². The van der Waals surface area contributed by atoms with Crippen molar-refractivity contribution in [2.24, 2.45) is 10.9 Å². The highest BCUT2D eigenvalue weighted by Crippen LogP contribution is 2.26. The second-order valence-corrected chi connectivity index (χ2v) is 7.02. The maximum absolute atomic E-state index is 13.9. The third-order valence-corrected chi connectivity index (χ3v) is 5.05. The fourth-order valence-corrected chi connectivity index (χ4v) is 3.69. The zero-order chi connectivity index (χ0) is 17.8. The standard InChI is InChI=1S/C18H27F2N5/c1-21-18(22-10-13-6-8-24(2)11-13)23-14-7-9-25(12-14)17-15(19)4-3-5-16(17)20/h3-5,13-14H,6-12H2,1-2H3,(H2,21,22,23). The van der Waals surface area contributed by atoms with Crippen LogP contribution in [0, 0.1) is 17.6 Å². The summed E-state index contributed by atoms with van der Waals surface area (Å²) >= 11 is 0. The summed E-state index contributed by atoms with van der Waals surface area (Å²) in [6.45, 7) is 4.32. The van der Waals surface area contributed by atoms with Crippen molar-refractivity contribution in [2.45, 2.75) is 18.9 Å². The molecule has 2 aliphatic heterocycles. The molecule has 2 unspecified atom stereocenters. The van der Waals surface area contributed by atoms with Crippen molar-refractivity contribution in [1.82, 2.24) is 15.5 Å². The smallest absolute Gasteiger partial charge is 0.191 e. The van der Waals surface area contributed by atoms with Crippen LogP contribution in [0.2, 0.25) is 0 Å². The summed E-state index contributed by atoms with van der Waals surface area (Å²) < 4.78 is 27.9. The zero-order valence-corrected chi connectivity index (χ0v) is 14.9. The number of benzene rings is 1. The molecule has 3 rings (SSSR count). The highest BCUT2D eigenvalue weighted by atomic mass is 19.1. The Hall–Kier alpha value is -1.89. The Morgan fingerprint density at radius 2 is 1.96 bits per heavy atom. The van der Waals surface area contributed by atoms with Crippen LogP contribution in [-0.4, -0.2) is 63.7 Å². The van der Waals surface area contributed by atoms with E-state index in [1.54, 1.807) is 11.9 Å². The maximum Gasteiger partial charge on any atom is 0.191 e. The van der Waals surface area contributed by atoms with Gasteiger partial charge in [-0.25, -0.2) is 8.78 Å². The minimum absolute atomic E-state index is 0.0729. The van der Waals surface area contributed by atoms with Crippen molar-refractivity contribution >= 4 is 11.6 Å². The highest BCUT2D eigenvalue weighted by molar-refractivity contribution is 5.80. The van der Waals surface area contributed by atoms with Crippen molar-refractivity contribution in [2.75, 3.05) is 51.7 Å². The molecule has 0 aliphatic carbocycles. The van der Waals surface area contributed by atoms with E-state index in [0.717, 1.165) is 32.0 Å². The van der Waals surface area contributed by atoms with Crippen LogP contribution >= 0.6 is 0 Å². The van der Waals surface area contributed by atoms with Gasteiger partial charge in [0.15, 0.2) is 5.96 Å². The molecule has 7 heteroatoms. The quantitative estimate of drug-likeness (QED) is 0.640. The fourth-order valence-electron chi connectivity index (χ4n) is 3.69. The first-order valence-corrected chi connectivity index (χ1v) is 8.91. The Balaban J connectivity index is 1.51. The lowest BCUT2D eigenvalue weighted by atomic mass is 10.1. The van der Waals surface area contributed by atoms with E-state index in [4.69, 9.17) is 0 Å². The minimum Gasteiger partial charge on any atom is -0.365 e. The van der Waals surface area contributed by atoms with Gasteiger partial charge in [0.25, 0.3) is 0 Å². The molecule has 0 amide bonds. The topological polar surface area (TPSA) is 42.9 Å². The van der Waals surface area contributed by atoms with Gasteiger partial charge in [0.05, 0.1) is 0 Å². The number of nitrogens with zero attached hydrogens (tertiary/aromatic N) is 3. The van der Waals surface area contributed by atoms with Gasteiger partial charge in [0, 0.05) is 39.3 Å². The van der Waals surface area contributed by atoms with E-state index in [1.165, 1.54) is 24.6 Å². The molecule has 5 nitrogen and oxygen atoms in total. The largest absolute Gasteiger partial charge is 0.365 e. The number of aliphatic imine (C=N–C) groups is 1. The molecular formula is C18H27F2N5. The Morgan fingerprint density at radius 1 is 1.20 bits per heavy atom. The Morgan fingerprint density at radius 3 is 2.60 bits per heavy atom. The molecule has 2 fully saturated rings.